The van der Waals surface area contributed by atoms with Crippen molar-refractivity contribution < 1.29 is 68.8 Å². The summed E-state index contributed by atoms with van der Waals surface area (Å²) in [5.41, 5.74) is 0.308. The van der Waals surface area contributed by atoms with Gasteiger partial charge in [-0.15, -0.1) is 5.10 Å². The molecule has 1 aliphatic rings. The van der Waals surface area contributed by atoms with Gasteiger partial charge < -0.3 is 60.8 Å². The Bertz CT molecular complexity index is 1100. The number of carbonyl (C=O) groups excluding carboxylic acids is 3. The van der Waals surface area contributed by atoms with Crippen LogP contribution in [0, 0.1) is 0 Å². The highest BCUT2D eigenvalue weighted by atomic mass is 16.7. The molecule has 1 saturated heterocycles. The van der Waals surface area contributed by atoms with E-state index in [1.54, 1.807) is 0 Å². The number of aliphatic carboxylic acids is 2. The summed E-state index contributed by atoms with van der Waals surface area (Å²) in [7, 11) is 0. The molecule has 1 fully saturated rings. The molecule has 20 heteroatoms. The van der Waals surface area contributed by atoms with Crippen molar-refractivity contribution in [2.24, 2.45) is 0 Å². The Hall–Kier alpha value is -3.79. The molecule has 43 heavy (non-hydrogen) atoms. The van der Waals surface area contributed by atoms with Crippen molar-refractivity contribution in [2.75, 3.05) is 26.4 Å². The predicted octanol–water partition coefficient (Wildman–Crippen LogP) is -5.33. The van der Waals surface area contributed by atoms with E-state index in [9.17, 15) is 44.4 Å². The molecule has 0 radical (unpaired) electrons. The summed E-state index contributed by atoms with van der Waals surface area (Å²) in [5.74, 6) is -5.01. The Kier molecular flexibility index (Phi) is 14.3. The summed E-state index contributed by atoms with van der Waals surface area (Å²) in [6.45, 7) is -0.730. The zero-order valence-electron chi connectivity index (χ0n) is 23.1. The number of amides is 3. The SMILES string of the molecule is CC(=O)N[C@@H](COCc1cn(CCO[C@@H]2OC(CO)[C@@H](O)C(O)C2O)nn1)C(=O)N[C@@H](CCC(=O)O)C(=O)NCC(=O)O. The molecule has 7 atom stereocenters. The van der Waals surface area contributed by atoms with E-state index in [0.717, 1.165) is 6.92 Å². The number of aliphatic hydroxyl groups is 4. The van der Waals surface area contributed by atoms with Gasteiger partial charge in [0.2, 0.25) is 17.7 Å². The standard InChI is InChI=1S/C23H36N6O14/c1-11(31)25-14(22(40)26-13(2-3-16(32)33)21(39)24-6-17(34)35)10-41-9-12-7-29(28-27-12)4-5-42-23-20(38)19(37)18(36)15(8-30)43-23/h7,13-15,18-20,23,30,36-38H,2-6,8-10H2,1H3,(H,24,39)(H,25,31)(H,26,40)(H,32,33)(H,34,35)/t13-,14-,15?,18+,19?,20?,23+/m0/s1. The van der Waals surface area contributed by atoms with Crippen molar-refractivity contribution >= 4 is 29.7 Å². The number of hydrogen-bond acceptors (Lipinski definition) is 14. The molecular weight excluding hydrogens is 584 g/mol. The fraction of sp³-hybridized carbons (Fsp3) is 0.696. The van der Waals surface area contributed by atoms with Gasteiger partial charge in [-0.2, -0.15) is 0 Å². The third kappa shape index (κ3) is 11.8. The molecule has 0 saturated carbocycles. The van der Waals surface area contributed by atoms with Gasteiger partial charge in [0, 0.05) is 13.3 Å². The van der Waals surface area contributed by atoms with E-state index in [1.165, 1.54) is 10.9 Å². The van der Waals surface area contributed by atoms with Crippen molar-refractivity contribution in [2.45, 2.75) is 75.7 Å². The second-order valence-corrected chi connectivity index (χ2v) is 9.41. The minimum Gasteiger partial charge on any atom is -0.481 e. The molecule has 2 rings (SSSR count). The molecule has 0 spiro atoms. The number of hydrogen-bond donors (Lipinski definition) is 9. The molecule has 242 valence electrons. The quantitative estimate of drug-likeness (QED) is 0.0740. The molecule has 0 bridgehead atoms. The second-order valence-electron chi connectivity index (χ2n) is 9.41. The first-order chi connectivity index (χ1) is 20.3. The van der Waals surface area contributed by atoms with Gasteiger partial charge in [0.25, 0.3) is 0 Å². The fourth-order valence-corrected chi connectivity index (χ4v) is 3.79. The number of ether oxygens (including phenoxy) is 3. The lowest BCUT2D eigenvalue weighted by atomic mass is 9.99. The average molecular weight is 621 g/mol. The maximum absolute atomic E-state index is 12.8. The van der Waals surface area contributed by atoms with Crippen LogP contribution in [-0.4, -0.2) is 144 Å². The first kappa shape index (κ1) is 35.4. The molecule has 3 amide bonds. The average Bonchev–Trinajstić information content (AvgIpc) is 3.40. The monoisotopic (exact) mass is 620 g/mol. The summed E-state index contributed by atoms with van der Waals surface area (Å²) >= 11 is 0. The summed E-state index contributed by atoms with van der Waals surface area (Å²) in [6.07, 6.45) is -6.47. The van der Waals surface area contributed by atoms with Crippen LogP contribution in [-0.2, 0) is 51.3 Å². The van der Waals surface area contributed by atoms with Crippen LogP contribution in [0.5, 0.6) is 0 Å². The van der Waals surface area contributed by atoms with E-state index in [0.29, 0.717) is 5.69 Å². The van der Waals surface area contributed by atoms with Gasteiger partial charge in [0.05, 0.1) is 39.2 Å². The smallest absolute Gasteiger partial charge is 0.322 e. The van der Waals surface area contributed by atoms with Crippen LogP contribution >= 0.6 is 0 Å². The van der Waals surface area contributed by atoms with Gasteiger partial charge in [-0.25, -0.2) is 4.68 Å². The van der Waals surface area contributed by atoms with Gasteiger partial charge in [-0.1, -0.05) is 5.21 Å². The number of nitrogens with zero attached hydrogens (tertiary/aromatic N) is 3. The minimum absolute atomic E-state index is 0.0692. The van der Waals surface area contributed by atoms with E-state index < -0.39 is 92.0 Å². The summed E-state index contributed by atoms with van der Waals surface area (Å²) < 4.78 is 17.5. The Morgan fingerprint density at radius 1 is 1.02 bits per heavy atom. The number of aliphatic hydroxyl groups excluding tert-OH is 4. The van der Waals surface area contributed by atoms with Gasteiger partial charge in [0.15, 0.2) is 6.29 Å². The molecule has 0 aliphatic carbocycles. The summed E-state index contributed by atoms with van der Waals surface area (Å²) in [6, 6.07) is -2.71. The second kappa shape index (κ2) is 17.4. The number of nitrogens with one attached hydrogen (secondary N) is 3. The number of rotatable bonds is 18. The highest BCUT2D eigenvalue weighted by Crippen LogP contribution is 2.21. The molecule has 2 heterocycles. The third-order valence-electron chi connectivity index (χ3n) is 5.96. The van der Waals surface area contributed by atoms with Gasteiger partial charge in [-0.3, -0.25) is 24.0 Å². The molecule has 9 N–H and O–H groups in total. The Balaban J connectivity index is 1.88. The maximum atomic E-state index is 12.8. The van der Waals surface area contributed by atoms with Crippen LogP contribution in [0.3, 0.4) is 0 Å². The van der Waals surface area contributed by atoms with E-state index in [-0.39, 0.29) is 32.8 Å². The predicted molar refractivity (Wildman–Crippen MR) is 136 cm³/mol. The van der Waals surface area contributed by atoms with E-state index >= 15 is 0 Å². The zero-order chi connectivity index (χ0) is 32.1. The van der Waals surface area contributed by atoms with E-state index in [1.807, 2.05) is 0 Å². The Labute approximate surface area is 243 Å². The lowest BCUT2D eigenvalue weighted by Crippen LogP contribution is -2.59. The molecule has 1 aromatic heterocycles. The highest BCUT2D eigenvalue weighted by molar-refractivity contribution is 5.92. The van der Waals surface area contributed by atoms with Crippen molar-refractivity contribution in [3.63, 3.8) is 0 Å². The Morgan fingerprint density at radius 2 is 1.74 bits per heavy atom. The normalized spacial score (nSPS) is 23.1. The molecule has 1 aliphatic heterocycles. The van der Waals surface area contributed by atoms with Crippen LogP contribution in [0.25, 0.3) is 0 Å². The van der Waals surface area contributed by atoms with E-state index in [2.05, 4.69) is 26.3 Å². The lowest BCUT2D eigenvalue weighted by molar-refractivity contribution is -0.301. The largest absolute Gasteiger partial charge is 0.481 e. The van der Waals surface area contributed by atoms with Crippen LogP contribution in [0.1, 0.15) is 25.5 Å². The van der Waals surface area contributed by atoms with Crippen LogP contribution in [0.15, 0.2) is 6.20 Å². The highest BCUT2D eigenvalue weighted by Gasteiger charge is 2.44. The molecule has 20 nitrogen and oxygen atoms in total. The van der Waals surface area contributed by atoms with Gasteiger partial charge in [0.1, 0.15) is 48.7 Å². The van der Waals surface area contributed by atoms with E-state index in [4.69, 9.17) is 24.4 Å². The molecule has 3 unspecified atom stereocenters. The van der Waals surface area contributed by atoms with Gasteiger partial charge in [-0.05, 0) is 6.42 Å². The zero-order valence-corrected chi connectivity index (χ0v) is 23.1. The first-order valence-corrected chi connectivity index (χ1v) is 13.0. The third-order valence-corrected chi connectivity index (χ3v) is 5.96. The van der Waals surface area contributed by atoms with Crippen molar-refractivity contribution in [3.8, 4) is 0 Å². The maximum Gasteiger partial charge on any atom is 0.322 e. The summed E-state index contributed by atoms with van der Waals surface area (Å²) in [5, 5.41) is 71.0. The number of carboxylic acids is 2. The molecule has 1 aromatic rings. The topological polar surface area (TPSA) is 301 Å². The molecule has 0 aromatic carbocycles. The van der Waals surface area contributed by atoms with Crippen molar-refractivity contribution in [3.05, 3.63) is 11.9 Å². The minimum atomic E-state index is -1.58. The number of aromatic nitrogens is 3. The number of carboxylic acid groups (broad SMARTS) is 2. The fourth-order valence-electron chi connectivity index (χ4n) is 3.79. The van der Waals surface area contributed by atoms with Gasteiger partial charge >= 0.3 is 11.9 Å². The van der Waals surface area contributed by atoms with Crippen LogP contribution < -0.4 is 16.0 Å². The summed E-state index contributed by atoms with van der Waals surface area (Å²) in [4.78, 5) is 58.4. The Morgan fingerprint density at radius 3 is 2.37 bits per heavy atom. The van der Waals surface area contributed by atoms with Crippen LogP contribution in [0.2, 0.25) is 0 Å². The van der Waals surface area contributed by atoms with Crippen LogP contribution in [0.4, 0.5) is 0 Å². The van der Waals surface area contributed by atoms with Crippen molar-refractivity contribution in [1.82, 2.24) is 30.9 Å². The first-order valence-electron chi connectivity index (χ1n) is 13.0. The lowest BCUT2D eigenvalue weighted by Gasteiger charge is -2.39. The number of carbonyl (C=O) groups is 5. The molecular formula is C23H36N6O14. The van der Waals surface area contributed by atoms with Crippen molar-refractivity contribution in [1.29, 1.82) is 0 Å².